The number of nitrogens with two attached hydrogens (primary N) is 1. The van der Waals surface area contributed by atoms with Gasteiger partial charge in [0.15, 0.2) is 0 Å². The molecule has 2 N–H and O–H groups in total. The van der Waals surface area contributed by atoms with Crippen LogP contribution in [0.25, 0.3) is 11.0 Å². The van der Waals surface area contributed by atoms with E-state index in [-0.39, 0.29) is 0 Å². The minimum absolute atomic E-state index is 0.355. The molecule has 0 aliphatic heterocycles. The van der Waals surface area contributed by atoms with Crippen LogP contribution in [0.2, 0.25) is 0 Å². The summed E-state index contributed by atoms with van der Waals surface area (Å²) in [5, 5.41) is 0. The van der Waals surface area contributed by atoms with Crippen molar-refractivity contribution >= 4 is 11.0 Å². The Hall–Kier alpha value is -1.35. The van der Waals surface area contributed by atoms with E-state index < -0.39 is 0 Å². The van der Waals surface area contributed by atoms with E-state index in [1.807, 2.05) is 0 Å². The van der Waals surface area contributed by atoms with Crippen LogP contribution in [0.5, 0.6) is 0 Å². The number of fused-ring (bicyclic) bond motifs is 1. The van der Waals surface area contributed by atoms with Crippen LogP contribution < -0.4 is 5.73 Å². The van der Waals surface area contributed by atoms with E-state index in [1.54, 1.807) is 0 Å². The first kappa shape index (κ1) is 12.7. The predicted molar refractivity (Wildman–Crippen MR) is 79.2 cm³/mol. The van der Waals surface area contributed by atoms with Gasteiger partial charge in [-0.15, -0.1) is 0 Å². The minimum Gasteiger partial charge on any atom is -0.328 e. The molecule has 0 amide bonds. The van der Waals surface area contributed by atoms with Crippen molar-refractivity contribution in [1.29, 1.82) is 0 Å². The van der Waals surface area contributed by atoms with E-state index in [0.29, 0.717) is 12.0 Å². The Morgan fingerprint density at radius 1 is 1.32 bits per heavy atom. The highest BCUT2D eigenvalue weighted by Gasteiger charge is 2.25. The molecule has 0 spiro atoms. The van der Waals surface area contributed by atoms with Gasteiger partial charge in [-0.2, -0.15) is 0 Å². The van der Waals surface area contributed by atoms with Crippen molar-refractivity contribution in [3.8, 4) is 0 Å². The molecule has 1 fully saturated rings. The van der Waals surface area contributed by atoms with Crippen LogP contribution in [0.3, 0.4) is 0 Å². The van der Waals surface area contributed by atoms with E-state index in [9.17, 15) is 0 Å². The predicted octanol–water partition coefficient (Wildman–Crippen LogP) is 3.43. The lowest BCUT2D eigenvalue weighted by Crippen LogP contribution is -2.28. The number of para-hydroxylation sites is 2. The molecular formula is C16H23N3. The third-order valence-corrected chi connectivity index (χ3v) is 4.21. The van der Waals surface area contributed by atoms with Crippen molar-refractivity contribution < 1.29 is 0 Å². The monoisotopic (exact) mass is 257 g/mol. The summed E-state index contributed by atoms with van der Waals surface area (Å²) in [7, 11) is 0. The lowest BCUT2D eigenvalue weighted by atomic mass is 9.85. The molecule has 2 atom stereocenters. The fourth-order valence-electron chi connectivity index (χ4n) is 3.33. The molecule has 1 aromatic carbocycles. The summed E-state index contributed by atoms with van der Waals surface area (Å²) in [5.41, 5.74) is 8.55. The van der Waals surface area contributed by atoms with Crippen LogP contribution in [-0.2, 0) is 6.54 Å². The highest BCUT2D eigenvalue weighted by Crippen LogP contribution is 2.33. The van der Waals surface area contributed by atoms with Crippen molar-refractivity contribution in [3.05, 3.63) is 30.1 Å². The van der Waals surface area contributed by atoms with Gasteiger partial charge >= 0.3 is 0 Å². The number of hydrogen-bond donors (Lipinski definition) is 1. The van der Waals surface area contributed by atoms with E-state index in [2.05, 4.69) is 35.8 Å². The van der Waals surface area contributed by atoms with Gasteiger partial charge in [-0.3, -0.25) is 0 Å². The molecule has 3 rings (SSSR count). The molecule has 0 bridgehead atoms. The van der Waals surface area contributed by atoms with Gasteiger partial charge in [-0.1, -0.05) is 25.5 Å². The summed E-state index contributed by atoms with van der Waals surface area (Å²) >= 11 is 0. The molecule has 0 saturated heterocycles. The second-order valence-corrected chi connectivity index (χ2v) is 5.73. The summed E-state index contributed by atoms with van der Waals surface area (Å²) in [6.45, 7) is 3.28. The topological polar surface area (TPSA) is 43.8 Å². The van der Waals surface area contributed by atoms with Crippen molar-refractivity contribution in [2.24, 2.45) is 5.73 Å². The average molecular weight is 257 g/mol. The number of nitrogens with zero attached hydrogens (tertiary/aromatic N) is 2. The molecule has 2 aromatic rings. The second-order valence-electron chi connectivity index (χ2n) is 5.73. The summed E-state index contributed by atoms with van der Waals surface area (Å²) in [4.78, 5) is 4.90. The van der Waals surface area contributed by atoms with Crippen molar-refractivity contribution in [2.75, 3.05) is 0 Å². The third kappa shape index (κ3) is 2.39. The van der Waals surface area contributed by atoms with Crippen LogP contribution in [0, 0.1) is 0 Å². The first-order valence-electron chi connectivity index (χ1n) is 7.50. The van der Waals surface area contributed by atoms with Crippen molar-refractivity contribution in [2.45, 2.75) is 57.5 Å². The van der Waals surface area contributed by atoms with E-state index in [4.69, 9.17) is 10.7 Å². The SMILES string of the molecule is CCCn1c(C2CCCC(N)C2)nc2ccccc21. The molecule has 102 valence electrons. The largest absolute Gasteiger partial charge is 0.328 e. The Morgan fingerprint density at radius 2 is 2.16 bits per heavy atom. The minimum atomic E-state index is 0.355. The number of benzene rings is 1. The summed E-state index contributed by atoms with van der Waals surface area (Å²) < 4.78 is 2.41. The molecule has 1 aromatic heterocycles. The number of aryl methyl sites for hydroxylation is 1. The zero-order chi connectivity index (χ0) is 13.2. The highest BCUT2D eigenvalue weighted by atomic mass is 15.1. The fraction of sp³-hybridized carbons (Fsp3) is 0.562. The zero-order valence-corrected chi connectivity index (χ0v) is 11.7. The Kier molecular flexibility index (Phi) is 3.56. The third-order valence-electron chi connectivity index (χ3n) is 4.21. The molecule has 1 heterocycles. The number of aromatic nitrogens is 2. The molecule has 3 nitrogen and oxygen atoms in total. The Bertz CT molecular complexity index is 558. The van der Waals surface area contributed by atoms with Gasteiger partial charge in [-0.05, 0) is 37.8 Å². The van der Waals surface area contributed by atoms with Crippen molar-refractivity contribution in [1.82, 2.24) is 9.55 Å². The molecule has 1 saturated carbocycles. The smallest absolute Gasteiger partial charge is 0.113 e. The van der Waals surface area contributed by atoms with Gasteiger partial charge in [0.25, 0.3) is 0 Å². The first-order valence-corrected chi connectivity index (χ1v) is 7.50. The lowest BCUT2D eigenvalue weighted by molar-refractivity contribution is 0.374. The highest BCUT2D eigenvalue weighted by molar-refractivity contribution is 5.76. The second kappa shape index (κ2) is 5.33. The maximum Gasteiger partial charge on any atom is 0.113 e. The summed E-state index contributed by atoms with van der Waals surface area (Å²) in [6.07, 6.45) is 5.88. The van der Waals surface area contributed by atoms with Gasteiger partial charge in [0.05, 0.1) is 11.0 Å². The molecule has 2 unspecified atom stereocenters. The number of imidazole rings is 1. The van der Waals surface area contributed by atoms with Crippen LogP contribution in [-0.4, -0.2) is 15.6 Å². The van der Waals surface area contributed by atoms with Gasteiger partial charge in [0.2, 0.25) is 0 Å². The lowest BCUT2D eigenvalue weighted by Gasteiger charge is -2.26. The van der Waals surface area contributed by atoms with E-state index >= 15 is 0 Å². The molecule has 19 heavy (non-hydrogen) atoms. The first-order chi connectivity index (χ1) is 9.29. The zero-order valence-electron chi connectivity index (χ0n) is 11.7. The standard InChI is InChI=1S/C16H23N3/c1-2-10-19-15-9-4-3-8-14(15)18-16(19)12-6-5-7-13(17)11-12/h3-4,8-9,12-13H,2,5-7,10-11,17H2,1H3. The van der Waals surface area contributed by atoms with Crippen LogP contribution in [0.1, 0.15) is 50.8 Å². The molecular weight excluding hydrogens is 234 g/mol. The number of hydrogen-bond acceptors (Lipinski definition) is 2. The normalized spacial score (nSPS) is 23.9. The van der Waals surface area contributed by atoms with Gasteiger partial charge in [0, 0.05) is 18.5 Å². The van der Waals surface area contributed by atoms with Gasteiger partial charge < -0.3 is 10.3 Å². The van der Waals surface area contributed by atoms with Crippen LogP contribution >= 0.6 is 0 Å². The molecule has 1 aliphatic rings. The molecule has 1 aliphatic carbocycles. The fourth-order valence-corrected chi connectivity index (χ4v) is 3.33. The number of rotatable bonds is 3. The maximum atomic E-state index is 6.14. The van der Waals surface area contributed by atoms with Gasteiger partial charge in [-0.25, -0.2) is 4.98 Å². The Balaban J connectivity index is 2.03. The Morgan fingerprint density at radius 3 is 2.95 bits per heavy atom. The van der Waals surface area contributed by atoms with Crippen LogP contribution in [0.4, 0.5) is 0 Å². The Labute approximate surface area is 114 Å². The summed E-state index contributed by atoms with van der Waals surface area (Å²) in [5.74, 6) is 1.81. The van der Waals surface area contributed by atoms with Crippen molar-refractivity contribution in [3.63, 3.8) is 0 Å². The van der Waals surface area contributed by atoms with Crippen LogP contribution in [0.15, 0.2) is 24.3 Å². The quantitative estimate of drug-likeness (QED) is 0.915. The average Bonchev–Trinajstić information content (AvgIpc) is 2.79. The summed E-state index contributed by atoms with van der Waals surface area (Å²) in [6, 6.07) is 8.83. The maximum absolute atomic E-state index is 6.14. The van der Waals surface area contributed by atoms with E-state index in [0.717, 1.165) is 24.9 Å². The van der Waals surface area contributed by atoms with E-state index in [1.165, 1.54) is 30.6 Å². The molecule has 0 radical (unpaired) electrons. The molecule has 3 heteroatoms. The van der Waals surface area contributed by atoms with Gasteiger partial charge in [0.1, 0.15) is 5.82 Å².